The molecule has 0 saturated carbocycles. The Balaban J connectivity index is 1.43. The van der Waals surface area contributed by atoms with Gasteiger partial charge in [-0.15, -0.1) is 14.8 Å². The molecule has 26 heavy (non-hydrogen) atoms. The van der Waals surface area contributed by atoms with Crippen LogP contribution in [-0.2, 0) is 5.75 Å². The highest BCUT2D eigenvalue weighted by atomic mass is 32.2. The summed E-state index contributed by atoms with van der Waals surface area (Å²) in [4.78, 5) is 28.3. The maximum atomic E-state index is 12.0. The number of nitrogens with one attached hydrogen (secondary N) is 1. The van der Waals surface area contributed by atoms with Crippen molar-refractivity contribution in [3.63, 3.8) is 0 Å². The molecule has 0 bridgehead atoms. The zero-order chi connectivity index (χ0) is 18.1. The second-order valence-electron chi connectivity index (χ2n) is 5.18. The molecule has 0 aliphatic rings. The molecule has 0 fully saturated rings. The van der Waals surface area contributed by atoms with Crippen LogP contribution >= 0.6 is 23.1 Å². The van der Waals surface area contributed by atoms with Crippen LogP contribution in [0.15, 0.2) is 48.6 Å². The maximum Gasteiger partial charge on any atom is 0.293 e. The molecular formula is C15H11N5O4S2. The zero-order valence-corrected chi connectivity index (χ0v) is 15.0. The van der Waals surface area contributed by atoms with E-state index in [1.165, 1.54) is 35.4 Å². The topological polar surface area (TPSA) is 116 Å². The van der Waals surface area contributed by atoms with Crippen molar-refractivity contribution < 1.29 is 13.7 Å². The van der Waals surface area contributed by atoms with Gasteiger partial charge < -0.3 is 8.94 Å². The molecule has 1 amide bonds. The lowest BCUT2D eigenvalue weighted by molar-refractivity contribution is 0.0996. The molecule has 0 spiro atoms. The fraction of sp³-hybridized carbons (Fsp3) is 0.133. The highest BCUT2D eigenvalue weighted by Gasteiger charge is 2.13. The summed E-state index contributed by atoms with van der Waals surface area (Å²) in [5.74, 6) is 0.859. The molecule has 4 rings (SSSR count). The first-order chi connectivity index (χ1) is 12.6. The Morgan fingerprint density at radius 2 is 2.27 bits per heavy atom. The van der Waals surface area contributed by atoms with Crippen LogP contribution in [0.1, 0.15) is 22.0 Å². The van der Waals surface area contributed by atoms with Crippen LogP contribution in [0.2, 0.25) is 0 Å². The van der Waals surface area contributed by atoms with E-state index in [-0.39, 0.29) is 11.3 Å². The van der Waals surface area contributed by atoms with Gasteiger partial charge in [0.2, 0.25) is 5.13 Å². The van der Waals surface area contributed by atoms with Crippen LogP contribution in [0.4, 0.5) is 5.13 Å². The van der Waals surface area contributed by atoms with Gasteiger partial charge in [-0.1, -0.05) is 23.1 Å². The van der Waals surface area contributed by atoms with Gasteiger partial charge in [-0.3, -0.25) is 14.9 Å². The Hall–Kier alpha value is -2.92. The SMILES string of the molecule is Cc1cc2nc(CSc3nnc(NC(=O)c4ccco4)s3)cc(=O)n2o1. The first-order valence-electron chi connectivity index (χ1n) is 7.39. The lowest BCUT2D eigenvalue weighted by Crippen LogP contribution is -2.12. The smallest absolute Gasteiger partial charge is 0.293 e. The van der Waals surface area contributed by atoms with Crippen LogP contribution in [0.5, 0.6) is 0 Å². The van der Waals surface area contributed by atoms with Crippen LogP contribution in [0.3, 0.4) is 0 Å². The number of furan rings is 1. The number of fused-ring (bicyclic) bond motifs is 1. The minimum atomic E-state index is -0.391. The highest BCUT2D eigenvalue weighted by molar-refractivity contribution is 8.00. The molecule has 4 aromatic heterocycles. The molecule has 0 aromatic carbocycles. The number of aromatic nitrogens is 4. The summed E-state index contributed by atoms with van der Waals surface area (Å²) in [6.07, 6.45) is 1.42. The van der Waals surface area contributed by atoms with E-state index in [1.807, 2.05) is 0 Å². The Labute approximate surface area is 154 Å². The molecule has 132 valence electrons. The summed E-state index contributed by atoms with van der Waals surface area (Å²) in [7, 11) is 0. The minimum Gasteiger partial charge on any atom is -0.459 e. The highest BCUT2D eigenvalue weighted by Crippen LogP contribution is 2.28. The van der Waals surface area contributed by atoms with Gasteiger partial charge >= 0.3 is 0 Å². The van der Waals surface area contributed by atoms with Gasteiger partial charge in [0.1, 0.15) is 5.76 Å². The van der Waals surface area contributed by atoms with Gasteiger partial charge in [-0.2, -0.15) is 0 Å². The number of rotatable bonds is 5. The molecule has 0 aliphatic carbocycles. The van der Waals surface area contributed by atoms with E-state index >= 15 is 0 Å². The third-order valence-corrected chi connectivity index (χ3v) is 5.25. The third-order valence-electron chi connectivity index (χ3n) is 3.24. The van der Waals surface area contributed by atoms with Crippen molar-refractivity contribution >= 4 is 39.8 Å². The summed E-state index contributed by atoms with van der Waals surface area (Å²) in [6.45, 7) is 1.75. The lowest BCUT2D eigenvalue weighted by atomic mass is 10.4. The number of hydrogen-bond acceptors (Lipinski definition) is 9. The number of aryl methyl sites for hydroxylation is 1. The Bertz CT molecular complexity index is 1130. The monoisotopic (exact) mass is 389 g/mol. The van der Waals surface area contributed by atoms with Crippen molar-refractivity contribution in [2.75, 3.05) is 5.32 Å². The Morgan fingerprint density at radius 3 is 3.08 bits per heavy atom. The lowest BCUT2D eigenvalue weighted by Gasteiger charge is -1.98. The molecule has 0 atom stereocenters. The quantitative estimate of drug-likeness (QED) is 0.409. The van der Waals surface area contributed by atoms with Crippen LogP contribution < -0.4 is 10.9 Å². The first-order valence-corrected chi connectivity index (χ1v) is 9.19. The van der Waals surface area contributed by atoms with E-state index in [2.05, 4.69) is 20.5 Å². The second-order valence-corrected chi connectivity index (χ2v) is 7.38. The van der Waals surface area contributed by atoms with Crippen molar-refractivity contribution in [1.82, 2.24) is 19.8 Å². The van der Waals surface area contributed by atoms with Crippen molar-refractivity contribution in [2.45, 2.75) is 17.0 Å². The number of amides is 1. The number of carbonyl (C=O) groups excluding carboxylic acids is 1. The van der Waals surface area contributed by atoms with Crippen molar-refractivity contribution in [3.05, 3.63) is 58.1 Å². The van der Waals surface area contributed by atoms with Gasteiger partial charge in [0, 0.05) is 17.9 Å². The van der Waals surface area contributed by atoms with E-state index in [0.29, 0.717) is 32.3 Å². The van der Waals surface area contributed by atoms with Crippen molar-refractivity contribution in [1.29, 1.82) is 0 Å². The van der Waals surface area contributed by atoms with E-state index < -0.39 is 5.91 Å². The number of anilines is 1. The first kappa shape index (κ1) is 16.5. The molecule has 4 heterocycles. The average molecular weight is 389 g/mol. The number of carbonyl (C=O) groups is 1. The fourth-order valence-electron chi connectivity index (χ4n) is 2.17. The predicted octanol–water partition coefficient (Wildman–Crippen LogP) is 2.59. The largest absolute Gasteiger partial charge is 0.459 e. The maximum absolute atomic E-state index is 12.0. The van der Waals surface area contributed by atoms with Gasteiger partial charge in [0.05, 0.1) is 12.0 Å². The van der Waals surface area contributed by atoms with Gasteiger partial charge in [-0.25, -0.2) is 4.98 Å². The molecule has 0 saturated heterocycles. The van der Waals surface area contributed by atoms with E-state index in [1.54, 1.807) is 25.1 Å². The Morgan fingerprint density at radius 1 is 1.38 bits per heavy atom. The van der Waals surface area contributed by atoms with Crippen molar-refractivity contribution in [3.8, 4) is 0 Å². The molecule has 0 radical (unpaired) electrons. The van der Waals surface area contributed by atoms with Crippen molar-refractivity contribution in [2.24, 2.45) is 0 Å². The van der Waals surface area contributed by atoms with Crippen LogP contribution in [-0.4, -0.2) is 25.7 Å². The number of thioether (sulfide) groups is 1. The summed E-state index contributed by atoms with van der Waals surface area (Å²) >= 11 is 2.60. The average Bonchev–Trinajstić information content (AvgIpc) is 3.33. The molecule has 9 nitrogen and oxygen atoms in total. The summed E-state index contributed by atoms with van der Waals surface area (Å²) in [6, 6.07) is 6.31. The molecule has 1 N–H and O–H groups in total. The Kier molecular flexibility index (Phi) is 4.31. The van der Waals surface area contributed by atoms with Gasteiger partial charge in [0.25, 0.3) is 11.5 Å². The molecule has 4 aromatic rings. The van der Waals surface area contributed by atoms with Gasteiger partial charge in [-0.05, 0) is 19.1 Å². The number of hydrogen-bond donors (Lipinski definition) is 1. The number of nitrogens with zero attached hydrogens (tertiary/aromatic N) is 4. The molecule has 11 heteroatoms. The summed E-state index contributed by atoms with van der Waals surface area (Å²) in [5, 5.41) is 10.9. The molecular weight excluding hydrogens is 378 g/mol. The standard InChI is InChI=1S/C15H11N5O4S2/c1-8-5-11-16-9(6-12(21)20(11)24-8)7-25-15-19-18-14(26-15)17-13(22)10-3-2-4-23-10/h2-6H,7H2,1H3,(H,17,18,22). The predicted molar refractivity (Wildman–Crippen MR) is 94.6 cm³/mol. The summed E-state index contributed by atoms with van der Waals surface area (Å²) in [5.41, 5.74) is 0.800. The van der Waals surface area contributed by atoms with Crippen LogP contribution in [0.25, 0.3) is 5.65 Å². The normalized spacial score (nSPS) is 11.1. The second kappa shape index (κ2) is 6.77. The zero-order valence-electron chi connectivity index (χ0n) is 13.3. The fourth-order valence-corrected chi connectivity index (χ4v) is 3.81. The third kappa shape index (κ3) is 3.39. The van der Waals surface area contributed by atoms with E-state index in [4.69, 9.17) is 8.94 Å². The van der Waals surface area contributed by atoms with Crippen LogP contribution in [0, 0.1) is 6.92 Å². The van der Waals surface area contributed by atoms with Gasteiger partial charge in [0.15, 0.2) is 15.7 Å². The molecule has 0 aliphatic heterocycles. The summed E-state index contributed by atoms with van der Waals surface area (Å²) < 4.78 is 12.1. The minimum absolute atomic E-state index is 0.197. The van der Waals surface area contributed by atoms with E-state index in [9.17, 15) is 9.59 Å². The van der Waals surface area contributed by atoms with E-state index in [0.717, 1.165) is 4.57 Å². The molecule has 0 unspecified atom stereocenters.